The molecule has 88 valence electrons. The van der Waals surface area contributed by atoms with Gasteiger partial charge in [0, 0.05) is 18.1 Å². The van der Waals surface area contributed by atoms with Gasteiger partial charge in [-0.1, -0.05) is 54.1 Å². The number of hydrogen-bond acceptors (Lipinski definition) is 1. The van der Waals surface area contributed by atoms with Crippen LogP contribution in [-0.4, -0.2) is 0 Å². The van der Waals surface area contributed by atoms with Gasteiger partial charge in [-0.2, -0.15) is 0 Å². The van der Waals surface area contributed by atoms with Gasteiger partial charge in [0.25, 0.3) is 0 Å². The van der Waals surface area contributed by atoms with E-state index in [-0.39, 0.29) is 0 Å². The van der Waals surface area contributed by atoms with Gasteiger partial charge < -0.3 is 5.32 Å². The Morgan fingerprint density at radius 1 is 0.941 bits per heavy atom. The third-order valence-corrected chi connectivity index (χ3v) is 3.18. The van der Waals surface area contributed by atoms with E-state index in [0.717, 1.165) is 18.1 Å². The van der Waals surface area contributed by atoms with E-state index < -0.39 is 0 Å². The lowest BCUT2D eigenvalue weighted by Gasteiger charge is -2.09. The maximum absolute atomic E-state index is 6.17. The van der Waals surface area contributed by atoms with E-state index in [0.29, 0.717) is 0 Å². The summed E-state index contributed by atoms with van der Waals surface area (Å²) >= 11 is 6.17. The van der Waals surface area contributed by atoms with Gasteiger partial charge in [0.15, 0.2) is 0 Å². The molecule has 0 bridgehead atoms. The molecule has 0 saturated carbocycles. The summed E-state index contributed by atoms with van der Waals surface area (Å²) in [7, 11) is 0. The molecule has 0 radical (unpaired) electrons. The molecule has 1 N–H and O–H groups in total. The van der Waals surface area contributed by atoms with Gasteiger partial charge in [-0.05, 0) is 29.7 Å². The van der Waals surface area contributed by atoms with Crippen molar-refractivity contribution >= 4 is 11.6 Å². The molecule has 0 spiro atoms. The Morgan fingerprint density at radius 2 is 1.71 bits per heavy atom. The van der Waals surface area contributed by atoms with Crippen molar-refractivity contribution in [3.05, 3.63) is 70.2 Å². The van der Waals surface area contributed by atoms with Crippen molar-refractivity contribution < 1.29 is 0 Å². The van der Waals surface area contributed by atoms with Crippen molar-refractivity contribution in [2.75, 3.05) is 0 Å². The Labute approximate surface area is 107 Å². The first-order valence-corrected chi connectivity index (χ1v) is 6.14. The predicted molar refractivity (Wildman–Crippen MR) is 73.2 cm³/mol. The van der Waals surface area contributed by atoms with Crippen LogP contribution in [0.4, 0.5) is 0 Å². The monoisotopic (exact) mass is 245 g/mol. The third kappa shape index (κ3) is 3.32. The largest absolute Gasteiger partial charge is 0.309 e. The van der Waals surface area contributed by atoms with Crippen LogP contribution in [-0.2, 0) is 13.1 Å². The first-order valence-electron chi connectivity index (χ1n) is 5.76. The van der Waals surface area contributed by atoms with E-state index in [4.69, 9.17) is 11.6 Å². The second-order valence-electron chi connectivity index (χ2n) is 4.12. The highest BCUT2D eigenvalue weighted by atomic mass is 35.5. The minimum atomic E-state index is 0.806. The molecule has 0 unspecified atom stereocenters. The number of aryl methyl sites for hydroxylation is 1. The molecule has 17 heavy (non-hydrogen) atoms. The molecular weight excluding hydrogens is 230 g/mol. The lowest BCUT2D eigenvalue weighted by Crippen LogP contribution is -2.13. The molecule has 2 heteroatoms. The molecule has 0 heterocycles. The Morgan fingerprint density at radius 3 is 2.41 bits per heavy atom. The van der Waals surface area contributed by atoms with E-state index in [2.05, 4.69) is 42.6 Å². The zero-order valence-corrected chi connectivity index (χ0v) is 10.7. The molecule has 0 atom stereocenters. The van der Waals surface area contributed by atoms with Gasteiger partial charge in [0.05, 0.1) is 0 Å². The second-order valence-corrected chi connectivity index (χ2v) is 4.53. The summed E-state index contributed by atoms with van der Waals surface area (Å²) in [5.41, 5.74) is 3.71. The summed E-state index contributed by atoms with van der Waals surface area (Å²) in [4.78, 5) is 0. The van der Waals surface area contributed by atoms with E-state index in [1.54, 1.807) is 0 Å². The van der Waals surface area contributed by atoms with Crippen LogP contribution in [0.3, 0.4) is 0 Å². The summed E-state index contributed by atoms with van der Waals surface area (Å²) in [6.07, 6.45) is 0. The lowest BCUT2D eigenvalue weighted by molar-refractivity contribution is 0.691. The van der Waals surface area contributed by atoms with Gasteiger partial charge in [-0.15, -0.1) is 0 Å². The quantitative estimate of drug-likeness (QED) is 0.861. The topological polar surface area (TPSA) is 12.0 Å². The van der Waals surface area contributed by atoms with Crippen LogP contribution in [0.5, 0.6) is 0 Å². The average Bonchev–Trinajstić information content (AvgIpc) is 2.34. The fourth-order valence-corrected chi connectivity index (χ4v) is 2.11. The van der Waals surface area contributed by atoms with Gasteiger partial charge >= 0.3 is 0 Å². The number of rotatable bonds is 4. The molecule has 0 aliphatic heterocycles. The molecule has 0 amide bonds. The molecule has 2 aromatic rings. The van der Waals surface area contributed by atoms with Crippen molar-refractivity contribution in [2.24, 2.45) is 0 Å². The highest BCUT2D eigenvalue weighted by Gasteiger charge is 2.02. The predicted octanol–water partition coefficient (Wildman–Crippen LogP) is 3.94. The fraction of sp³-hybridized carbons (Fsp3) is 0.200. The maximum atomic E-state index is 6.17. The van der Waals surface area contributed by atoms with Crippen molar-refractivity contribution in [3.8, 4) is 0 Å². The van der Waals surface area contributed by atoms with Gasteiger partial charge in [0.2, 0.25) is 0 Å². The minimum Gasteiger partial charge on any atom is -0.309 e. The molecule has 0 aliphatic carbocycles. The molecule has 1 nitrogen and oxygen atoms in total. The normalized spacial score (nSPS) is 10.5. The molecule has 0 aliphatic rings. The fourth-order valence-electron chi connectivity index (χ4n) is 1.82. The van der Waals surface area contributed by atoms with E-state index >= 15 is 0 Å². The van der Waals surface area contributed by atoms with Gasteiger partial charge in [-0.3, -0.25) is 0 Å². The first kappa shape index (κ1) is 12.2. The summed E-state index contributed by atoms with van der Waals surface area (Å²) < 4.78 is 0. The number of halogens is 1. The molecule has 0 aromatic heterocycles. The maximum Gasteiger partial charge on any atom is 0.0453 e. The third-order valence-electron chi connectivity index (χ3n) is 2.83. The highest BCUT2D eigenvalue weighted by Crippen LogP contribution is 2.19. The molecule has 0 fully saturated rings. The van der Waals surface area contributed by atoms with Crippen LogP contribution in [0.25, 0.3) is 0 Å². The molecule has 2 rings (SSSR count). The molecule has 2 aromatic carbocycles. The minimum absolute atomic E-state index is 0.806. The van der Waals surface area contributed by atoms with E-state index in [9.17, 15) is 0 Å². The van der Waals surface area contributed by atoms with Crippen LogP contribution in [0, 0.1) is 6.92 Å². The van der Waals surface area contributed by atoms with E-state index in [1.807, 2.05) is 18.2 Å². The number of hydrogen-bond donors (Lipinski definition) is 1. The molecule has 0 saturated heterocycles. The Balaban J connectivity index is 1.95. The Kier molecular flexibility index (Phi) is 4.18. The Hall–Kier alpha value is -1.31. The Bertz CT molecular complexity index is 459. The van der Waals surface area contributed by atoms with Crippen molar-refractivity contribution in [1.29, 1.82) is 0 Å². The smallest absolute Gasteiger partial charge is 0.0453 e. The zero-order chi connectivity index (χ0) is 12.1. The summed E-state index contributed by atoms with van der Waals surface area (Å²) in [6.45, 7) is 3.76. The number of benzene rings is 2. The average molecular weight is 246 g/mol. The van der Waals surface area contributed by atoms with E-state index in [1.165, 1.54) is 16.7 Å². The van der Waals surface area contributed by atoms with Gasteiger partial charge in [0.1, 0.15) is 0 Å². The standard InChI is InChI=1S/C15H16ClN/c1-12-6-5-9-15(16)14(12)11-17-10-13-7-3-2-4-8-13/h2-9,17H,10-11H2,1H3. The van der Waals surface area contributed by atoms with Crippen LogP contribution in [0.1, 0.15) is 16.7 Å². The molecular formula is C15H16ClN. The van der Waals surface area contributed by atoms with Gasteiger partial charge in [-0.25, -0.2) is 0 Å². The second kappa shape index (κ2) is 5.85. The van der Waals surface area contributed by atoms with Crippen LogP contribution >= 0.6 is 11.6 Å². The van der Waals surface area contributed by atoms with Crippen molar-refractivity contribution in [3.63, 3.8) is 0 Å². The summed E-state index contributed by atoms with van der Waals surface area (Å²) in [5, 5.41) is 4.25. The van der Waals surface area contributed by atoms with Crippen molar-refractivity contribution in [2.45, 2.75) is 20.0 Å². The van der Waals surface area contributed by atoms with Crippen molar-refractivity contribution in [1.82, 2.24) is 5.32 Å². The summed E-state index contributed by atoms with van der Waals surface area (Å²) in [5.74, 6) is 0. The SMILES string of the molecule is Cc1cccc(Cl)c1CNCc1ccccc1. The summed E-state index contributed by atoms with van der Waals surface area (Å²) in [6, 6.07) is 16.4. The first-order chi connectivity index (χ1) is 8.27. The zero-order valence-electron chi connectivity index (χ0n) is 9.91. The number of nitrogens with one attached hydrogen (secondary N) is 1. The van der Waals surface area contributed by atoms with Crippen LogP contribution in [0.2, 0.25) is 5.02 Å². The van der Waals surface area contributed by atoms with Crippen LogP contribution < -0.4 is 5.32 Å². The lowest BCUT2D eigenvalue weighted by atomic mass is 10.1. The highest BCUT2D eigenvalue weighted by molar-refractivity contribution is 6.31. The van der Waals surface area contributed by atoms with Crippen LogP contribution in [0.15, 0.2) is 48.5 Å².